The SMILES string of the molecule is Cc1ccc(CN2CC[C@@H]3[C@H]2C(=O)NC[C@H](CCC(=O)Nc2ccccc2)N3C)cc1. The van der Waals surface area contributed by atoms with Crippen molar-refractivity contribution in [2.75, 3.05) is 25.5 Å². The molecule has 4 rings (SSSR count). The smallest absolute Gasteiger partial charge is 0.239 e. The quantitative estimate of drug-likeness (QED) is 0.754. The summed E-state index contributed by atoms with van der Waals surface area (Å²) in [5.74, 6) is 0.122. The van der Waals surface area contributed by atoms with Crippen LogP contribution in [0.1, 0.15) is 30.4 Å². The first-order chi connectivity index (χ1) is 15.0. The van der Waals surface area contributed by atoms with E-state index in [-0.39, 0.29) is 29.9 Å². The molecule has 2 heterocycles. The fourth-order valence-corrected chi connectivity index (χ4v) is 4.80. The highest BCUT2D eigenvalue weighted by molar-refractivity contribution is 5.90. The highest BCUT2D eigenvalue weighted by atomic mass is 16.2. The molecule has 0 saturated carbocycles. The van der Waals surface area contributed by atoms with Crippen LogP contribution in [-0.2, 0) is 16.1 Å². The molecule has 31 heavy (non-hydrogen) atoms. The number of nitrogens with one attached hydrogen (secondary N) is 2. The molecule has 3 atom stereocenters. The highest BCUT2D eigenvalue weighted by Crippen LogP contribution is 2.28. The minimum Gasteiger partial charge on any atom is -0.353 e. The van der Waals surface area contributed by atoms with Gasteiger partial charge in [-0.25, -0.2) is 0 Å². The molecule has 0 radical (unpaired) electrons. The van der Waals surface area contributed by atoms with Gasteiger partial charge in [-0.2, -0.15) is 0 Å². The summed E-state index contributed by atoms with van der Waals surface area (Å²) in [6.07, 6.45) is 2.12. The molecule has 6 nitrogen and oxygen atoms in total. The van der Waals surface area contributed by atoms with Gasteiger partial charge in [0.15, 0.2) is 0 Å². The monoisotopic (exact) mass is 420 g/mol. The molecule has 0 unspecified atom stereocenters. The lowest BCUT2D eigenvalue weighted by molar-refractivity contribution is -0.126. The molecular formula is C25H32N4O2. The molecule has 2 amide bonds. The third-order valence-corrected chi connectivity index (χ3v) is 6.62. The minimum atomic E-state index is -0.144. The van der Waals surface area contributed by atoms with Crippen molar-refractivity contribution in [3.05, 3.63) is 65.7 Å². The number of hydrogen-bond donors (Lipinski definition) is 2. The van der Waals surface area contributed by atoms with E-state index in [1.165, 1.54) is 11.1 Å². The number of para-hydroxylation sites is 1. The zero-order chi connectivity index (χ0) is 21.8. The van der Waals surface area contributed by atoms with Gasteiger partial charge >= 0.3 is 0 Å². The Labute approximate surface area is 184 Å². The number of likely N-dealkylation sites (N-methyl/N-ethyl adjacent to an activating group) is 1. The first kappa shape index (κ1) is 21.5. The second kappa shape index (κ2) is 9.62. The van der Waals surface area contributed by atoms with Gasteiger partial charge in [0.05, 0.1) is 0 Å². The molecule has 2 aromatic carbocycles. The molecule has 2 fully saturated rings. The molecule has 2 aliphatic rings. The predicted octanol–water partition coefficient (Wildman–Crippen LogP) is 2.79. The number of carbonyl (C=O) groups excluding carboxylic acids is 2. The summed E-state index contributed by atoms with van der Waals surface area (Å²) in [6.45, 7) is 4.36. The summed E-state index contributed by atoms with van der Waals surface area (Å²) in [6, 6.07) is 18.3. The minimum absolute atomic E-state index is 0.0131. The summed E-state index contributed by atoms with van der Waals surface area (Å²) in [5.41, 5.74) is 3.30. The van der Waals surface area contributed by atoms with E-state index < -0.39 is 0 Å². The van der Waals surface area contributed by atoms with Gasteiger partial charge in [0.25, 0.3) is 0 Å². The van der Waals surface area contributed by atoms with E-state index in [1.54, 1.807) is 0 Å². The van der Waals surface area contributed by atoms with E-state index in [1.807, 2.05) is 30.3 Å². The van der Waals surface area contributed by atoms with Gasteiger partial charge in [0.2, 0.25) is 11.8 Å². The molecule has 6 heteroatoms. The normalized spacial score (nSPS) is 24.3. The van der Waals surface area contributed by atoms with Crippen LogP contribution in [0.15, 0.2) is 54.6 Å². The molecule has 2 aliphatic heterocycles. The van der Waals surface area contributed by atoms with E-state index in [4.69, 9.17) is 0 Å². The van der Waals surface area contributed by atoms with Crippen molar-refractivity contribution in [3.63, 3.8) is 0 Å². The fraction of sp³-hybridized carbons (Fsp3) is 0.440. The lowest BCUT2D eigenvalue weighted by atomic mass is 10.0. The summed E-state index contributed by atoms with van der Waals surface area (Å²) in [5, 5.41) is 6.09. The Hall–Kier alpha value is -2.70. The van der Waals surface area contributed by atoms with Crippen molar-refractivity contribution in [1.82, 2.24) is 15.1 Å². The average molecular weight is 421 g/mol. The number of aryl methyl sites for hydroxylation is 1. The van der Waals surface area contributed by atoms with Gasteiger partial charge in [-0.15, -0.1) is 0 Å². The van der Waals surface area contributed by atoms with Crippen LogP contribution in [0.4, 0.5) is 5.69 Å². The van der Waals surface area contributed by atoms with Crippen molar-refractivity contribution in [2.24, 2.45) is 0 Å². The van der Waals surface area contributed by atoms with Crippen LogP contribution in [0.25, 0.3) is 0 Å². The van der Waals surface area contributed by atoms with E-state index in [9.17, 15) is 9.59 Å². The van der Waals surface area contributed by atoms with Gasteiger partial charge in [-0.3, -0.25) is 19.4 Å². The largest absolute Gasteiger partial charge is 0.353 e. The fourth-order valence-electron chi connectivity index (χ4n) is 4.80. The number of benzene rings is 2. The number of carbonyl (C=O) groups is 2. The zero-order valence-corrected chi connectivity index (χ0v) is 18.4. The van der Waals surface area contributed by atoms with Crippen LogP contribution >= 0.6 is 0 Å². The number of amides is 2. The van der Waals surface area contributed by atoms with Crippen LogP contribution in [0, 0.1) is 6.92 Å². The molecule has 0 spiro atoms. The lowest BCUT2D eigenvalue weighted by Gasteiger charge is -2.33. The van der Waals surface area contributed by atoms with Gasteiger partial charge in [-0.05, 0) is 44.5 Å². The first-order valence-corrected chi connectivity index (χ1v) is 11.2. The van der Waals surface area contributed by atoms with Crippen molar-refractivity contribution in [1.29, 1.82) is 0 Å². The molecule has 0 bridgehead atoms. The summed E-state index contributed by atoms with van der Waals surface area (Å²) >= 11 is 0. The summed E-state index contributed by atoms with van der Waals surface area (Å²) < 4.78 is 0. The number of rotatable bonds is 6. The summed E-state index contributed by atoms with van der Waals surface area (Å²) in [7, 11) is 2.10. The first-order valence-electron chi connectivity index (χ1n) is 11.2. The van der Waals surface area contributed by atoms with Gasteiger partial charge in [-0.1, -0.05) is 48.0 Å². The van der Waals surface area contributed by atoms with Gasteiger partial charge in [0, 0.05) is 43.8 Å². The molecule has 2 N–H and O–H groups in total. The maximum atomic E-state index is 13.0. The molecule has 164 valence electrons. The molecule has 2 aromatic rings. The number of nitrogens with zero attached hydrogens (tertiary/aromatic N) is 2. The average Bonchev–Trinajstić information content (AvgIpc) is 3.14. The highest BCUT2D eigenvalue weighted by Gasteiger charge is 2.44. The Kier molecular flexibility index (Phi) is 6.68. The third kappa shape index (κ3) is 5.14. The number of fused-ring (bicyclic) bond motifs is 1. The number of hydrogen-bond acceptors (Lipinski definition) is 4. The van der Waals surface area contributed by atoms with Gasteiger partial charge in [0.1, 0.15) is 6.04 Å². The Balaban J connectivity index is 1.36. The van der Waals surface area contributed by atoms with Crippen molar-refractivity contribution < 1.29 is 9.59 Å². The van der Waals surface area contributed by atoms with Crippen LogP contribution in [0.3, 0.4) is 0 Å². The second-order valence-electron chi connectivity index (χ2n) is 8.77. The maximum Gasteiger partial charge on any atom is 0.239 e. The van der Waals surface area contributed by atoms with Crippen LogP contribution in [-0.4, -0.2) is 59.9 Å². The Bertz CT molecular complexity index is 899. The number of anilines is 1. The third-order valence-electron chi connectivity index (χ3n) is 6.62. The van der Waals surface area contributed by atoms with Crippen LogP contribution in [0.2, 0.25) is 0 Å². The van der Waals surface area contributed by atoms with Crippen molar-refractivity contribution >= 4 is 17.5 Å². The Morgan fingerprint density at radius 2 is 1.87 bits per heavy atom. The second-order valence-corrected chi connectivity index (χ2v) is 8.77. The lowest BCUT2D eigenvalue weighted by Crippen LogP contribution is -2.49. The van der Waals surface area contributed by atoms with Crippen LogP contribution < -0.4 is 10.6 Å². The van der Waals surface area contributed by atoms with E-state index in [0.717, 1.165) is 31.6 Å². The summed E-state index contributed by atoms with van der Waals surface area (Å²) in [4.78, 5) is 30.0. The molecule has 2 saturated heterocycles. The maximum absolute atomic E-state index is 13.0. The molecule has 0 aromatic heterocycles. The zero-order valence-electron chi connectivity index (χ0n) is 18.4. The van der Waals surface area contributed by atoms with E-state index >= 15 is 0 Å². The van der Waals surface area contributed by atoms with Gasteiger partial charge < -0.3 is 10.6 Å². The van der Waals surface area contributed by atoms with E-state index in [0.29, 0.717) is 13.0 Å². The molecular weight excluding hydrogens is 388 g/mol. The Morgan fingerprint density at radius 3 is 2.61 bits per heavy atom. The standard InChI is InChI=1S/C25H32N4O2/c1-18-8-10-19(11-9-18)17-29-15-14-22-24(29)25(31)26-16-21(28(22)2)12-13-23(30)27-20-6-4-3-5-7-20/h3-11,21-22,24H,12-17H2,1-2H3,(H,26,31)(H,27,30)/t21-,22+,24-/m0/s1. The Morgan fingerprint density at radius 1 is 1.13 bits per heavy atom. The predicted molar refractivity (Wildman–Crippen MR) is 123 cm³/mol. The topological polar surface area (TPSA) is 64.7 Å². The molecule has 0 aliphatic carbocycles. The van der Waals surface area contributed by atoms with E-state index in [2.05, 4.69) is 58.7 Å². The van der Waals surface area contributed by atoms with Crippen molar-refractivity contribution in [2.45, 2.75) is 50.9 Å². The van der Waals surface area contributed by atoms with Crippen molar-refractivity contribution in [3.8, 4) is 0 Å². The number of likely N-dealkylation sites (tertiary alicyclic amines) is 1. The van der Waals surface area contributed by atoms with Crippen LogP contribution in [0.5, 0.6) is 0 Å².